The van der Waals surface area contributed by atoms with Crippen LogP contribution in [0.1, 0.15) is 24.5 Å². The van der Waals surface area contributed by atoms with Crippen LogP contribution >= 0.6 is 0 Å². The number of carbonyl (C=O) groups excluding carboxylic acids is 1. The number of anilines is 1. The summed E-state index contributed by atoms with van der Waals surface area (Å²) in [6.45, 7) is 5.83. The highest BCUT2D eigenvalue weighted by atomic mass is 19.1. The van der Waals surface area contributed by atoms with Crippen molar-refractivity contribution in [1.29, 1.82) is 0 Å². The fourth-order valence-corrected chi connectivity index (χ4v) is 2.27. The molecule has 0 aliphatic carbocycles. The zero-order valence-electron chi connectivity index (χ0n) is 13.0. The SMILES string of the molecule is CCC(Oc1ccc(F)cc1)C(=O)Nc1cc(C)cc(C)c1. The summed E-state index contributed by atoms with van der Waals surface area (Å²) in [6, 6.07) is 11.5. The highest BCUT2D eigenvalue weighted by Crippen LogP contribution is 2.17. The Balaban J connectivity index is 2.06. The van der Waals surface area contributed by atoms with Crippen molar-refractivity contribution in [2.45, 2.75) is 33.3 Å². The Hall–Kier alpha value is -2.36. The van der Waals surface area contributed by atoms with E-state index in [0.717, 1.165) is 16.8 Å². The Morgan fingerprint density at radius 3 is 2.27 bits per heavy atom. The molecule has 0 spiro atoms. The Labute approximate surface area is 130 Å². The van der Waals surface area contributed by atoms with Gasteiger partial charge in [-0.3, -0.25) is 4.79 Å². The summed E-state index contributed by atoms with van der Waals surface area (Å²) in [5.41, 5.74) is 2.93. The molecule has 2 aromatic carbocycles. The number of amides is 1. The van der Waals surface area contributed by atoms with E-state index in [1.165, 1.54) is 24.3 Å². The number of hydrogen-bond donors (Lipinski definition) is 1. The van der Waals surface area contributed by atoms with Crippen molar-refractivity contribution < 1.29 is 13.9 Å². The molecule has 0 saturated carbocycles. The van der Waals surface area contributed by atoms with Gasteiger partial charge >= 0.3 is 0 Å². The van der Waals surface area contributed by atoms with Crippen LogP contribution in [0.4, 0.5) is 10.1 Å². The van der Waals surface area contributed by atoms with E-state index >= 15 is 0 Å². The molecular weight excluding hydrogens is 281 g/mol. The molecule has 0 saturated heterocycles. The van der Waals surface area contributed by atoms with Crippen LogP contribution in [0.2, 0.25) is 0 Å². The van der Waals surface area contributed by atoms with Crippen molar-refractivity contribution in [3.63, 3.8) is 0 Å². The Morgan fingerprint density at radius 2 is 1.73 bits per heavy atom. The fourth-order valence-electron chi connectivity index (χ4n) is 2.27. The molecule has 1 amide bonds. The van der Waals surface area contributed by atoms with E-state index in [1.54, 1.807) is 0 Å². The van der Waals surface area contributed by atoms with Gasteiger partial charge in [0.05, 0.1) is 0 Å². The molecule has 0 fully saturated rings. The lowest BCUT2D eigenvalue weighted by molar-refractivity contribution is -0.122. The first-order valence-corrected chi connectivity index (χ1v) is 7.29. The molecule has 0 aliphatic rings. The molecule has 2 aromatic rings. The maximum atomic E-state index is 12.9. The first-order chi connectivity index (χ1) is 10.5. The molecular formula is C18H20FNO2. The number of rotatable bonds is 5. The van der Waals surface area contributed by atoms with Gasteiger partial charge in [-0.25, -0.2) is 4.39 Å². The smallest absolute Gasteiger partial charge is 0.265 e. The first kappa shape index (κ1) is 16.0. The monoisotopic (exact) mass is 301 g/mol. The average Bonchev–Trinajstić information content (AvgIpc) is 2.45. The minimum Gasteiger partial charge on any atom is -0.481 e. The summed E-state index contributed by atoms with van der Waals surface area (Å²) in [5.74, 6) is -0.0688. The largest absolute Gasteiger partial charge is 0.481 e. The predicted molar refractivity (Wildman–Crippen MR) is 85.7 cm³/mol. The lowest BCUT2D eigenvalue weighted by atomic mass is 10.1. The van der Waals surface area contributed by atoms with Crippen LogP contribution in [0.3, 0.4) is 0 Å². The summed E-state index contributed by atoms with van der Waals surface area (Å²) >= 11 is 0. The molecule has 4 heteroatoms. The number of halogens is 1. The molecule has 22 heavy (non-hydrogen) atoms. The van der Waals surface area contributed by atoms with E-state index in [9.17, 15) is 9.18 Å². The van der Waals surface area contributed by atoms with Gasteiger partial charge in [-0.1, -0.05) is 13.0 Å². The summed E-state index contributed by atoms with van der Waals surface area (Å²) in [7, 11) is 0. The van der Waals surface area contributed by atoms with Crippen LogP contribution < -0.4 is 10.1 Å². The molecule has 0 radical (unpaired) electrons. The minimum atomic E-state index is -0.619. The van der Waals surface area contributed by atoms with Gasteiger partial charge < -0.3 is 10.1 Å². The number of benzene rings is 2. The Kier molecular flexibility index (Phi) is 5.15. The van der Waals surface area contributed by atoms with Gasteiger partial charge in [0.1, 0.15) is 11.6 Å². The number of ether oxygens (including phenoxy) is 1. The molecule has 0 aliphatic heterocycles. The zero-order valence-corrected chi connectivity index (χ0v) is 13.0. The minimum absolute atomic E-state index is 0.211. The van der Waals surface area contributed by atoms with Crippen molar-refractivity contribution in [1.82, 2.24) is 0 Å². The van der Waals surface area contributed by atoms with E-state index in [-0.39, 0.29) is 11.7 Å². The molecule has 1 N–H and O–H groups in total. The predicted octanol–water partition coefficient (Wildman–Crippen LogP) is 4.24. The van der Waals surface area contributed by atoms with Crippen LogP contribution in [0.15, 0.2) is 42.5 Å². The van der Waals surface area contributed by atoms with Crippen molar-refractivity contribution in [3.8, 4) is 5.75 Å². The number of nitrogens with one attached hydrogen (secondary N) is 1. The first-order valence-electron chi connectivity index (χ1n) is 7.29. The van der Waals surface area contributed by atoms with Gasteiger partial charge in [0, 0.05) is 5.69 Å². The van der Waals surface area contributed by atoms with E-state index < -0.39 is 6.10 Å². The summed E-state index contributed by atoms with van der Waals surface area (Å²) < 4.78 is 18.5. The van der Waals surface area contributed by atoms with Gasteiger partial charge in [-0.05, 0) is 67.8 Å². The Bertz CT molecular complexity index is 632. The molecule has 2 rings (SSSR count). The van der Waals surface area contributed by atoms with Crippen LogP contribution in [0, 0.1) is 19.7 Å². The summed E-state index contributed by atoms with van der Waals surface area (Å²) in [6.07, 6.45) is -0.0974. The Morgan fingerprint density at radius 1 is 1.14 bits per heavy atom. The molecule has 0 bridgehead atoms. The highest BCUT2D eigenvalue weighted by molar-refractivity contribution is 5.94. The summed E-state index contributed by atoms with van der Waals surface area (Å²) in [4.78, 5) is 12.3. The van der Waals surface area contributed by atoms with E-state index in [0.29, 0.717) is 12.2 Å². The maximum Gasteiger partial charge on any atom is 0.265 e. The molecule has 116 valence electrons. The van der Waals surface area contributed by atoms with E-state index in [4.69, 9.17) is 4.74 Å². The van der Waals surface area contributed by atoms with Gasteiger partial charge in [0.2, 0.25) is 0 Å². The van der Waals surface area contributed by atoms with Gasteiger partial charge in [-0.2, -0.15) is 0 Å². The van der Waals surface area contributed by atoms with Crippen LogP contribution in [-0.4, -0.2) is 12.0 Å². The van der Waals surface area contributed by atoms with Crippen molar-refractivity contribution >= 4 is 11.6 Å². The average molecular weight is 301 g/mol. The van der Waals surface area contributed by atoms with Crippen molar-refractivity contribution in [2.75, 3.05) is 5.32 Å². The second-order valence-corrected chi connectivity index (χ2v) is 5.33. The normalized spacial score (nSPS) is 11.8. The number of carbonyl (C=O) groups is 1. The van der Waals surface area contributed by atoms with E-state index in [2.05, 4.69) is 5.32 Å². The second kappa shape index (κ2) is 7.07. The molecule has 0 heterocycles. The highest BCUT2D eigenvalue weighted by Gasteiger charge is 2.18. The topological polar surface area (TPSA) is 38.3 Å². The molecule has 1 atom stereocenters. The van der Waals surface area contributed by atoms with E-state index in [1.807, 2.05) is 39.0 Å². The quantitative estimate of drug-likeness (QED) is 0.897. The third kappa shape index (κ3) is 4.32. The standard InChI is InChI=1S/C18H20FNO2/c1-4-17(22-16-7-5-14(19)6-8-16)18(21)20-15-10-12(2)9-13(3)11-15/h5-11,17H,4H2,1-3H3,(H,20,21). The van der Waals surface area contributed by atoms with Crippen LogP contribution in [-0.2, 0) is 4.79 Å². The third-order valence-corrected chi connectivity index (χ3v) is 3.24. The molecule has 3 nitrogen and oxygen atoms in total. The molecule has 0 aromatic heterocycles. The summed E-state index contributed by atoms with van der Waals surface area (Å²) in [5, 5.41) is 2.87. The number of hydrogen-bond acceptors (Lipinski definition) is 2. The van der Waals surface area contributed by atoms with Gasteiger partial charge in [-0.15, -0.1) is 0 Å². The van der Waals surface area contributed by atoms with Gasteiger partial charge in [0.15, 0.2) is 6.10 Å². The van der Waals surface area contributed by atoms with Crippen molar-refractivity contribution in [2.24, 2.45) is 0 Å². The lowest BCUT2D eigenvalue weighted by Gasteiger charge is -2.17. The third-order valence-electron chi connectivity index (χ3n) is 3.24. The van der Waals surface area contributed by atoms with Crippen LogP contribution in [0.5, 0.6) is 5.75 Å². The maximum absolute atomic E-state index is 12.9. The lowest BCUT2D eigenvalue weighted by Crippen LogP contribution is -2.32. The number of aryl methyl sites for hydroxylation is 2. The fraction of sp³-hybridized carbons (Fsp3) is 0.278. The van der Waals surface area contributed by atoms with Crippen LogP contribution in [0.25, 0.3) is 0 Å². The van der Waals surface area contributed by atoms with Gasteiger partial charge in [0.25, 0.3) is 5.91 Å². The zero-order chi connectivity index (χ0) is 16.1. The van der Waals surface area contributed by atoms with Crippen molar-refractivity contribution in [3.05, 3.63) is 59.4 Å². The molecule has 1 unspecified atom stereocenters. The second-order valence-electron chi connectivity index (χ2n) is 5.33.